The van der Waals surface area contributed by atoms with Crippen molar-refractivity contribution in [3.8, 4) is 11.5 Å². The Morgan fingerprint density at radius 1 is 1.14 bits per heavy atom. The monoisotopic (exact) mass is 300 g/mol. The van der Waals surface area contributed by atoms with Gasteiger partial charge >= 0.3 is 0 Å². The summed E-state index contributed by atoms with van der Waals surface area (Å²) in [5.74, 6) is 1.34. The summed E-state index contributed by atoms with van der Waals surface area (Å²) in [6, 6.07) is 12.7. The molecule has 3 rings (SSSR count). The van der Waals surface area contributed by atoms with Crippen molar-refractivity contribution in [3.63, 3.8) is 0 Å². The Morgan fingerprint density at radius 2 is 1.81 bits per heavy atom. The highest BCUT2D eigenvalue weighted by Crippen LogP contribution is 2.28. The zero-order chi connectivity index (χ0) is 15.0. The number of hydrogen-bond acceptors (Lipinski definition) is 3. The maximum absolute atomic E-state index is 11.6. The topological polar surface area (TPSA) is 44.1 Å². The molecule has 0 unspecified atom stereocenters. The number of aryl methyl sites for hydroxylation is 1. The second-order valence-electron chi connectivity index (χ2n) is 4.76. The molecule has 0 bridgehead atoms. The molecule has 2 aromatic carbocycles. The van der Waals surface area contributed by atoms with Crippen molar-refractivity contribution in [2.75, 3.05) is 0 Å². The predicted molar refractivity (Wildman–Crippen MR) is 82.2 cm³/mol. The summed E-state index contributed by atoms with van der Waals surface area (Å²) in [6.45, 7) is 1.51. The van der Waals surface area contributed by atoms with Gasteiger partial charge in [0.15, 0.2) is 5.78 Å². The van der Waals surface area contributed by atoms with E-state index in [1.165, 1.54) is 6.92 Å². The molecule has 4 nitrogen and oxygen atoms in total. The van der Waals surface area contributed by atoms with Crippen molar-refractivity contribution < 1.29 is 9.53 Å². The fourth-order valence-electron chi connectivity index (χ4n) is 2.20. The normalized spacial score (nSPS) is 10.8. The lowest BCUT2D eigenvalue weighted by atomic mass is 10.1. The Balaban J connectivity index is 1.99. The standard InChI is InChI=1S/C16H13ClN2O2/c1-10(20)16-14-8-7-13(9-15(14)19(2)18-16)21-12-5-3-11(17)4-6-12/h3-9H,1-2H3. The minimum Gasteiger partial charge on any atom is -0.457 e. The number of fused-ring (bicyclic) bond motifs is 1. The van der Waals surface area contributed by atoms with Crippen LogP contribution in [-0.2, 0) is 7.05 Å². The van der Waals surface area contributed by atoms with Crippen LogP contribution in [0.1, 0.15) is 17.4 Å². The molecule has 0 aliphatic carbocycles. The molecule has 0 spiro atoms. The van der Waals surface area contributed by atoms with Crippen molar-refractivity contribution in [3.05, 3.63) is 53.2 Å². The summed E-state index contributed by atoms with van der Waals surface area (Å²) >= 11 is 5.85. The van der Waals surface area contributed by atoms with Crippen LogP contribution in [-0.4, -0.2) is 15.6 Å². The first-order valence-corrected chi connectivity index (χ1v) is 6.83. The number of carbonyl (C=O) groups is 1. The van der Waals surface area contributed by atoms with Gasteiger partial charge in [-0.25, -0.2) is 0 Å². The fraction of sp³-hybridized carbons (Fsp3) is 0.125. The quantitative estimate of drug-likeness (QED) is 0.680. The molecule has 0 aliphatic rings. The Morgan fingerprint density at radius 3 is 2.48 bits per heavy atom. The molecule has 0 fully saturated rings. The highest BCUT2D eigenvalue weighted by Gasteiger charge is 2.13. The van der Waals surface area contributed by atoms with Gasteiger partial charge in [-0.1, -0.05) is 11.6 Å². The van der Waals surface area contributed by atoms with E-state index in [0.29, 0.717) is 22.2 Å². The summed E-state index contributed by atoms with van der Waals surface area (Å²) in [4.78, 5) is 11.6. The van der Waals surface area contributed by atoms with Gasteiger partial charge in [0.2, 0.25) is 0 Å². The number of Topliss-reactive ketones (excluding diaryl/α,β-unsaturated/α-hetero) is 1. The van der Waals surface area contributed by atoms with Crippen LogP contribution in [0.25, 0.3) is 10.9 Å². The summed E-state index contributed by atoms with van der Waals surface area (Å²) in [5, 5.41) is 5.73. The van der Waals surface area contributed by atoms with E-state index in [2.05, 4.69) is 5.10 Å². The molecule has 1 aromatic heterocycles. The van der Waals surface area contributed by atoms with E-state index in [0.717, 1.165) is 10.9 Å². The van der Waals surface area contributed by atoms with E-state index in [9.17, 15) is 4.79 Å². The smallest absolute Gasteiger partial charge is 0.180 e. The Labute approximate surface area is 126 Å². The molecule has 0 N–H and O–H groups in total. The second-order valence-corrected chi connectivity index (χ2v) is 5.20. The molecule has 3 aromatic rings. The van der Waals surface area contributed by atoms with Gasteiger partial charge in [-0.3, -0.25) is 9.48 Å². The average molecular weight is 301 g/mol. The summed E-state index contributed by atoms with van der Waals surface area (Å²) < 4.78 is 7.46. The number of hydrogen-bond donors (Lipinski definition) is 0. The third kappa shape index (κ3) is 2.62. The van der Waals surface area contributed by atoms with Crippen LogP contribution in [0.5, 0.6) is 11.5 Å². The number of aromatic nitrogens is 2. The minimum absolute atomic E-state index is 0.0491. The third-order valence-electron chi connectivity index (χ3n) is 3.21. The number of nitrogens with zero attached hydrogens (tertiary/aromatic N) is 2. The second kappa shape index (κ2) is 5.22. The lowest BCUT2D eigenvalue weighted by molar-refractivity contribution is 0.101. The van der Waals surface area contributed by atoms with Gasteiger partial charge in [0, 0.05) is 30.4 Å². The van der Waals surface area contributed by atoms with E-state index >= 15 is 0 Å². The molecule has 5 heteroatoms. The minimum atomic E-state index is -0.0491. The maximum atomic E-state index is 11.6. The van der Waals surface area contributed by atoms with Crippen molar-refractivity contribution in [2.45, 2.75) is 6.92 Å². The number of ether oxygens (including phenoxy) is 1. The van der Waals surface area contributed by atoms with Gasteiger partial charge in [0.1, 0.15) is 17.2 Å². The van der Waals surface area contributed by atoms with Gasteiger partial charge in [0.05, 0.1) is 5.52 Å². The van der Waals surface area contributed by atoms with Crippen molar-refractivity contribution in [1.82, 2.24) is 9.78 Å². The van der Waals surface area contributed by atoms with E-state index in [1.807, 2.05) is 18.2 Å². The largest absolute Gasteiger partial charge is 0.457 e. The van der Waals surface area contributed by atoms with Crippen molar-refractivity contribution >= 4 is 28.3 Å². The molecule has 1 heterocycles. The maximum Gasteiger partial charge on any atom is 0.180 e. The van der Waals surface area contributed by atoms with Crippen LogP contribution in [0.15, 0.2) is 42.5 Å². The first-order chi connectivity index (χ1) is 10.0. The lowest BCUT2D eigenvalue weighted by Gasteiger charge is -2.06. The van der Waals surface area contributed by atoms with Gasteiger partial charge in [0.25, 0.3) is 0 Å². The van der Waals surface area contributed by atoms with Gasteiger partial charge < -0.3 is 4.74 Å². The molecular weight excluding hydrogens is 288 g/mol. The third-order valence-corrected chi connectivity index (χ3v) is 3.46. The molecule has 0 radical (unpaired) electrons. The van der Waals surface area contributed by atoms with E-state index < -0.39 is 0 Å². The molecule has 0 saturated heterocycles. The predicted octanol–water partition coefficient (Wildman–Crippen LogP) is 4.22. The Bertz CT molecular complexity index is 822. The van der Waals surface area contributed by atoms with Crippen LogP contribution >= 0.6 is 11.6 Å². The SMILES string of the molecule is CC(=O)c1nn(C)c2cc(Oc3ccc(Cl)cc3)ccc12. The highest BCUT2D eigenvalue weighted by molar-refractivity contribution is 6.30. The summed E-state index contributed by atoms with van der Waals surface area (Å²) in [6.07, 6.45) is 0. The van der Waals surface area contributed by atoms with Crippen LogP contribution < -0.4 is 4.74 Å². The number of benzene rings is 2. The fourth-order valence-corrected chi connectivity index (χ4v) is 2.33. The first-order valence-electron chi connectivity index (χ1n) is 6.46. The molecule has 106 valence electrons. The van der Waals surface area contributed by atoms with Crippen LogP contribution in [0.2, 0.25) is 5.02 Å². The van der Waals surface area contributed by atoms with E-state index in [-0.39, 0.29) is 5.78 Å². The van der Waals surface area contributed by atoms with Crippen LogP contribution in [0.4, 0.5) is 0 Å². The van der Waals surface area contributed by atoms with Gasteiger partial charge in [-0.15, -0.1) is 0 Å². The highest BCUT2D eigenvalue weighted by atomic mass is 35.5. The zero-order valence-electron chi connectivity index (χ0n) is 11.6. The molecule has 0 amide bonds. The molecule has 0 aliphatic heterocycles. The lowest BCUT2D eigenvalue weighted by Crippen LogP contribution is -1.95. The number of ketones is 1. The molecular formula is C16H13ClN2O2. The number of rotatable bonds is 3. The van der Waals surface area contributed by atoms with E-state index in [1.54, 1.807) is 36.0 Å². The summed E-state index contributed by atoms with van der Waals surface area (Å²) in [7, 11) is 1.81. The van der Waals surface area contributed by atoms with Gasteiger partial charge in [-0.2, -0.15) is 5.10 Å². The van der Waals surface area contributed by atoms with Crippen LogP contribution in [0, 0.1) is 0 Å². The summed E-state index contributed by atoms with van der Waals surface area (Å²) in [5.41, 5.74) is 1.33. The first kappa shape index (κ1) is 13.6. The van der Waals surface area contributed by atoms with E-state index in [4.69, 9.17) is 16.3 Å². The Kier molecular flexibility index (Phi) is 3.39. The molecule has 0 atom stereocenters. The van der Waals surface area contributed by atoms with Gasteiger partial charge in [-0.05, 0) is 36.4 Å². The molecule has 0 saturated carbocycles. The number of carbonyl (C=O) groups excluding carboxylic acids is 1. The van der Waals surface area contributed by atoms with Crippen molar-refractivity contribution in [2.24, 2.45) is 7.05 Å². The average Bonchev–Trinajstić information content (AvgIpc) is 2.79. The molecule has 21 heavy (non-hydrogen) atoms. The van der Waals surface area contributed by atoms with Crippen molar-refractivity contribution in [1.29, 1.82) is 0 Å². The zero-order valence-corrected chi connectivity index (χ0v) is 12.4. The number of halogens is 1. The van der Waals surface area contributed by atoms with Crippen LogP contribution in [0.3, 0.4) is 0 Å². The Hall–Kier alpha value is -2.33.